The predicted molar refractivity (Wildman–Crippen MR) is 101 cm³/mol. The van der Waals surface area contributed by atoms with Crippen LogP contribution in [0.3, 0.4) is 0 Å². The average molecular weight is 369 g/mol. The molecule has 1 heterocycles. The minimum Gasteiger partial charge on any atom is -0.478 e. The number of hydrogen-bond acceptors (Lipinski definition) is 5. The van der Waals surface area contributed by atoms with Crippen LogP contribution in [0.15, 0.2) is 42.5 Å². The zero-order chi connectivity index (χ0) is 19.4. The van der Waals surface area contributed by atoms with E-state index in [1.165, 1.54) is 30.3 Å². The van der Waals surface area contributed by atoms with Crippen molar-refractivity contribution in [3.05, 3.63) is 63.7 Å². The van der Waals surface area contributed by atoms with Crippen molar-refractivity contribution in [3.8, 4) is 0 Å². The Morgan fingerprint density at radius 1 is 1.07 bits per heavy atom. The Balaban J connectivity index is 1.93. The summed E-state index contributed by atoms with van der Waals surface area (Å²) in [6.45, 7) is 1.57. The lowest BCUT2D eigenvalue weighted by atomic mass is 10.1. The molecule has 1 aliphatic rings. The Bertz CT molecular complexity index is 891. The minimum atomic E-state index is -1.10. The fourth-order valence-corrected chi connectivity index (χ4v) is 3.16. The van der Waals surface area contributed by atoms with Crippen molar-refractivity contribution < 1.29 is 19.6 Å². The van der Waals surface area contributed by atoms with E-state index in [9.17, 15) is 19.7 Å². The zero-order valence-electron chi connectivity index (χ0n) is 14.6. The average Bonchev–Trinajstić information content (AvgIpc) is 2.68. The summed E-state index contributed by atoms with van der Waals surface area (Å²) in [7, 11) is 0. The Kier molecular flexibility index (Phi) is 5.35. The van der Waals surface area contributed by atoms with Crippen LogP contribution in [-0.4, -0.2) is 35.0 Å². The molecule has 27 heavy (non-hydrogen) atoms. The van der Waals surface area contributed by atoms with Gasteiger partial charge >= 0.3 is 5.97 Å². The number of nitro benzene ring substituents is 1. The van der Waals surface area contributed by atoms with Gasteiger partial charge in [-0.15, -0.1) is 0 Å². The Hall–Kier alpha value is -3.42. The highest BCUT2D eigenvalue weighted by atomic mass is 16.6. The topological polar surface area (TPSA) is 113 Å². The van der Waals surface area contributed by atoms with Crippen LogP contribution in [-0.2, 0) is 0 Å². The standard InChI is InChI=1S/C19H19N3O5/c23-18(20-14-6-4-5-13(11-14)19(24)25)16-12-15(22(26)27)7-8-17(16)21-9-2-1-3-10-21/h4-8,11-12H,1-3,9-10H2,(H,20,23)(H,24,25). The van der Waals surface area contributed by atoms with Crippen LogP contribution < -0.4 is 10.2 Å². The highest BCUT2D eigenvalue weighted by Crippen LogP contribution is 2.29. The van der Waals surface area contributed by atoms with E-state index in [2.05, 4.69) is 10.2 Å². The quantitative estimate of drug-likeness (QED) is 0.616. The van der Waals surface area contributed by atoms with Gasteiger partial charge in [0.1, 0.15) is 0 Å². The van der Waals surface area contributed by atoms with Gasteiger partial charge in [0.25, 0.3) is 11.6 Å². The number of carboxylic acids is 1. The van der Waals surface area contributed by atoms with Crippen LogP contribution in [0.4, 0.5) is 17.1 Å². The van der Waals surface area contributed by atoms with E-state index < -0.39 is 16.8 Å². The van der Waals surface area contributed by atoms with E-state index in [0.717, 1.165) is 32.4 Å². The molecule has 2 aromatic carbocycles. The molecule has 0 unspecified atom stereocenters. The summed E-state index contributed by atoms with van der Waals surface area (Å²) in [5, 5.41) is 22.9. The van der Waals surface area contributed by atoms with Gasteiger partial charge in [-0.1, -0.05) is 6.07 Å². The van der Waals surface area contributed by atoms with Crippen LogP contribution in [0.25, 0.3) is 0 Å². The van der Waals surface area contributed by atoms with Crippen molar-refractivity contribution >= 4 is 28.9 Å². The first-order chi connectivity index (χ1) is 13.0. The van der Waals surface area contributed by atoms with Gasteiger partial charge in [0, 0.05) is 30.9 Å². The van der Waals surface area contributed by atoms with Crippen LogP contribution in [0.2, 0.25) is 0 Å². The number of aromatic carboxylic acids is 1. The molecule has 0 spiro atoms. The zero-order valence-corrected chi connectivity index (χ0v) is 14.6. The van der Waals surface area contributed by atoms with E-state index >= 15 is 0 Å². The number of amides is 1. The van der Waals surface area contributed by atoms with Crippen molar-refractivity contribution in [2.75, 3.05) is 23.3 Å². The second kappa shape index (κ2) is 7.86. The molecular weight excluding hydrogens is 350 g/mol. The van der Waals surface area contributed by atoms with Crippen LogP contribution >= 0.6 is 0 Å². The lowest BCUT2D eigenvalue weighted by molar-refractivity contribution is -0.384. The summed E-state index contributed by atoms with van der Waals surface area (Å²) < 4.78 is 0. The molecule has 8 nitrogen and oxygen atoms in total. The molecule has 0 saturated carbocycles. The Morgan fingerprint density at radius 2 is 1.81 bits per heavy atom. The fourth-order valence-electron chi connectivity index (χ4n) is 3.16. The maximum Gasteiger partial charge on any atom is 0.335 e. The van der Waals surface area contributed by atoms with Crippen LogP contribution in [0, 0.1) is 10.1 Å². The molecule has 3 rings (SSSR count). The smallest absolute Gasteiger partial charge is 0.335 e. The number of benzene rings is 2. The molecule has 1 amide bonds. The van der Waals surface area contributed by atoms with E-state index in [4.69, 9.17) is 5.11 Å². The van der Waals surface area contributed by atoms with Gasteiger partial charge in [0.15, 0.2) is 0 Å². The van der Waals surface area contributed by atoms with Crippen molar-refractivity contribution in [2.45, 2.75) is 19.3 Å². The van der Waals surface area contributed by atoms with Crippen LogP contribution in [0.1, 0.15) is 40.0 Å². The van der Waals surface area contributed by atoms with Crippen molar-refractivity contribution in [2.24, 2.45) is 0 Å². The number of carbonyl (C=O) groups excluding carboxylic acids is 1. The van der Waals surface area contributed by atoms with Gasteiger partial charge < -0.3 is 15.3 Å². The number of carboxylic acid groups (broad SMARTS) is 1. The Labute approximate surface area is 155 Å². The van der Waals surface area contributed by atoms with Gasteiger partial charge in [0.05, 0.1) is 21.7 Å². The summed E-state index contributed by atoms with van der Waals surface area (Å²) in [6, 6.07) is 10.1. The fraction of sp³-hybridized carbons (Fsp3) is 0.263. The molecule has 2 N–H and O–H groups in total. The first-order valence-electron chi connectivity index (χ1n) is 8.64. The molecule has 0 atom stereocenters. The third-order valence-electron chi connectivity index (χ3n) is 4.50. The molecule has 0 aliphatic carbocycles. The number of nitrogens with zero attached hydrogens (tertiary/aromatic N) is 2. The summed E-state index contributed by atoms with van der Waals surface area (Å²) in [4.78, 5) is 36.6. The van der Waals surface area contributed by atoms with Gasteiger partial charge in [-0.3, -0.25) is 14.9 Å². The minimum absolute atomic E-state index is 0.0445. The maximum atomic E-state index is 12.8. The molecule has 1 aliphatic heterocycles. The number of nitrogens with one attached hydrogen (secondary N) is 1. The molecule has 0 radical (unpaired) electrons. The maximum absolute atomic E-state index is 12.8. The normalized spacial score (nSPS) is 13.9. The second-order valence-corrected chi connectivity index (χ2v) is 6.35. The highest BCUT2D eigenvalue weighted by Gasteiger charge is 2.22. The molecule has 2 aromatic rings. The van der Waals surface area contributed by atoms with Crippen molar-refractivity contribution in [3.63, 3.8) is 0 Å². The number of carbonyl (C=O) groups is 2. The van der Waals surface area contributed by atoms with E-state index in [-0.39, 0.29) is 16.8 Å². The lowest BCUT2D eigenvalue weighted by Crippen LogP contribution is -2.31. The molecule has 1 saturated heterocycles. The van der Waals surface area contributed by atoms with Crippen molar-refractivity contribution in [1.29, 1.82) is 0 Å². The summed E-state index contributed by atoms with van der Waals surface area (Å²) >= 11 is 0. The third kappa shape index (κ3) is 4.22. The van der Waals surface area contributed by atoms with Crippen molar-refractivity contribution in [1.82, 2.24) is 0 Å². The van der Waals surface area contributed by atoms with E-state index in [1.54, 1.807) is 12.1 Å². The molecule has 1 fully saturated rings. The van der Waals surface area contributed by atoms with Crippen LogP contribution in [0.5, 0.6) is 0 Å². The van der Waals surface area contributed by atoms with Gasteiger partial charge in [-0.2, -0.15) is 0 Å². The lowest BCUT2D eigenvalue weighted by Gasteiger charge is -2.30. The molecule has 8 heteroatoms. The number of anilines is 2. The largest absolute Gasteiger partial charge is 0.478 e. The third-order valence-corrected chi connectivity index (χ3v) is 4.50. The SMILES string of the molecule is O=C(O)c1cccc(NC(=O)c2cc([N+](=O)[O-])ccc2N2CCCCC2)c1. The molecule has 0 aromatic heterocycles. The van der Waals surface area contributed by atoms with Gasteiger partial charge in [-0.25, -0.2) is 4.79 Å². The van der Waals surface area contributed by atoms with Gasteiger partial charge in [0.2, 0.25) is 0 Å². The number of rotatable bonds is 5. The number of hydrogen-bond donors (Lipinski definition) is 2. The summed E-state index contributed by atoms with van der Waals surface area (Å²) in [5.74, 6) is -1.61. The highest BCUT2D eigenvalue weighted by molar-refractivity contribution is 6.09. The number of nitro groups is 1. The number of piperidine rings is 1. The second-order valence-electron chi connectivity index (χ2n) is 6.35. The molecular formula is C19H19N3O5. The number of non-ortho nitro benzene ring substituents is 1. The first-order valence-corrected chi connectivity index (χ1v) is 8.64. The van der Waals surface area contributed by atoms with Gasteiger partial charge in [-0.05, 0) is 43.5 Å². The predicted octanol–water partition coefficient (Wildman–Crippen LogP) is 3.54. The molecule has 0 bridgehead atoms. The van der Waals surface area contributed by atoms with E-state index in [0.29, 0.717) is 11.4 Å². The Morgan fingerprint density at radius 3 is 2.48 bits per heavy atom. The monoisotopic (exact) mass is 369 g/mol. The first kappa shape index (κ1) is 18.4. The summed E-state index contributed by atoms with van der Waals surface area (Å²) in [6.07, 6.45) is 3.12. The summed E-state index contributed by atoms with van der Waals surface area (Å²) in [5.41, 5.74) is 1.04. The molecule has 140 valence electrons. The van der Waals surface area contributed by atoms with E-state index in [1.807, 2.05) is 0 Å².